The standard InChI is InChI=1S/C15H25N3OS/c16-13-15(5-3-1-2-4-6-15)14(19)17-7-8-18-9-11-20-12-10-18/h1-12H2,(H,17,19). The van der Waals surface area contributed by atoms with Gasteiger partial charge in [0, 0.05) is 37.7 Å². The fourth-order valence-corrected chi connectivity index (χ4v) is 4.02. The Morgan fingerprint density at radius 1 is 1.20 bits per heavy atom. The van der Waals surface area contributed by atoms with Crippen LogP contribution in [-0.4, -0.2) is 48.5 Å². The van der Waals surface area contributed by atoms with Crippen molar-refractivity contribution in [2.75, 3.05) is 37.7 Å². The van der Waals surface area contributed by atoms with Gasteiger partial charge < -0.3 is 5.32 Å². The molecule has 0 bridgehead atoms. The normalized spacial score (nSPS) is 23.6. The van der Waals surface area contributed by atoms with Crippen LogP contribution in [0.25, 0.3) is 0 Å². The lowest BCUT2D eigenvalue weighted by molar-refractivity contribution is -0.128. The predicted octanol–water partition coefficient (Wildman–Crippen LogP) is 2.02. The number of nitrogens with zero attached hydrogens (tertiary/aromatic N) is 2. The molecule has 5 heteroatoms. The minimum absolute atomic E-state index is 0.0340. The molecule has 1 aliphatic carbocycles. The van der Waals surface area contributed by atoms with Crippen molar-refractivity contribution in [1.29, 1.82) is 5.26 Å². The van der Waals surface area contributed by atoms with Crippen LogP contribution in [0.15, 0.2) is 0 Å². The molecule has 0 aromatic heterocycles. The third-order valence-corrected chi connectivity index (χ3v) is 5.37. The molecule has 0 spiro atoms. The maximum Gasteiger partial charge on any atom is 0.240 e. The summed E-state index contributed by atoms with van der Waals surface area (Å²) in [6.45, 7) is 3.81. The molecule has 2 fully saturated rings. The van der Waals surface area contributed by atoms with Gasteiger partial charge in [0.2, 0.25) is 5.91 Å². The van der Waals surface area contributed by atoms with Gasteiger partial charge in [-0.1, -0.05) is 25.7 Å². The van der Waals surface area contributed by atoms with Crippen LogP contribution in [0.5, 0.6) is 0 Å². The molecule has 0 radical (unpaired) electrons. The van der Waals surface area contributed by atoms with E-state index in [9.17, 15) is 10.1 Å². The van der Waals surface area contributed by atoms with E-state index in [1.54, 1.807) is 0 Å². The summed E-state index contributed by atoms with van der Waals surface area (Å²) in [4.78, 5) is 14.8. The molecule has 0 atom stereocenters. The first-order valence-corrected chi connectivity index (χ1v) is 8.92. The third kappa shape index (κ3) is 4.13. The molecule has 1 heterocycles. The number of carbonyl (C=O) groups excluding carboxylic acids is 1. The van der Waals surface area contributed by atoms with Gasteiger partial charge in [-0.15, -0.1) is 0 Å². The molecule has 1 N–H and O–H groups in total. The molecule has 1 saturated carbocycles. The van der Waals surface area contributed by atoms with Crippen LogP contribution < -0.4 is 5.32 Å². The van der Waals surface area contributed by atoms with E-state index in [0.29, 0.717) is 6.54 Å². The number of amides is 1. The van der Waals surface area contributed by atoms with Crippen molar-refractivity contribution < 1.29 is 4.79 Å². The molecule has 0 aromatic rings. The van der Waals surface area contributed by atoms with E-state index >= 15 is 0 Å². The van der Waals surface area contributed by atoms with Crippen molar-refractivity contribution in [1.82, 2.24) is 10.2 Å². The second kappa shape index (κ2) is 7.90. The highest BCUT2D eigenvalue weighted by Gasteiger charge is 2.38. The van der Waals surface area contributed by atoms with Crippen LogP contribution in [0.3, 0.4) is 0 Å². The number of hydrogen-bond acceptors (Lipinski definition) is 4. The number of nitriles is 1. The van der Waals surface area contributed by atoms with E-state index in [-0.39, 0.29) is 5.91 Å². The molecular weight excluding hydrogens is 270 g/mol. The SMILES string of the molecule is N#CC1(C(=O)NCCN2CCSCC2)CCCCCC1. The molecule has 0 aromatic carbocycles. The van der Waals surface area contributed by atoms with E-state index in [2.05, 4.69) is 16.3 Å². The monoisotopic (exact) mass is 295 g/mol. The summed E-state index contributed by atoms with van der Waals surface area (Å²) in [6.07, 6.45) is 5.78. The topological polar surface area (TPSA) is 56.1 Å². The zero-order valence-electron chi connectivity index (χ0n) is 12.2. The number of thioether (sulfide) groups is 1. The van der Waals surface area contributed by atoms with E-state index in [1.807, 2.05) is 11.8 Å². The minimum Gasteiger partial charge on any atom is -0.353 e. The van der Waals surface area contributed by atoms with Gasteiger partial charge in [-0.05, 0) is 12.8 Å². The predicted molar refractivity (Wildman–Crippen MR) is 82.5 cm³/mol. The summed E-state index contributed by atoms with van der Waals surface area (Å²) >= 11 is 1.99. The van der Waals surface area contributed by atoms with E-state index < -0.39 is 5.41 Å². The highest BCUT2D eigenvalue weighted by molar-refractivity contribution is 7.99. The Morgan fingerprint density at radius 2 is 1.85 bits per heavy atom. The molecule has 20 heavy (non-hydrogen) atoms. The van der Waals surface area contributed by atoms with E-state index in [1.165, 1.54) is 11.5 Å². The summed E-state index contributed by atoms with van der Waals surface area (Å²) in [5.41, 5.74) is -0.756. The molecule has 1 amide bonds. The summed E-state index contributed by atoms with van der Waals surface area (Å²) in [5, 5.41) is 12.5. The first kappa shape index (κ1) is 15.7. The average Bonchev–Trinajstić information content (AvgIpc) is 2.74. The molecule has 4 nitrogen and oxygen atoms in total. The second-order valence-electron chi connectivity index (χ2n) is 5.82. The van der Waals surface area contributed by atoms with E-state index in [4.69, 9.17) is 0 Å². The van der Waals surface area contributed by atoms with Crippen molar-refractivity contribution in [3.8, 4) is 6.07 Å². The molecule has 112 valence electrons. The Labute approximate surface area is 126 Å². The zero-order valence-corrected chi connectivity index (χ0v) is 13.0. The average molecular weight is 295 g/mol. The lowest BCUT2D eigenvalue weighted by atomic mass is 9.81. The van der Waals surface area contributed by atoms with Crippen molar-refractivity contribution in [3.63, 3.8) is 0 Å². The maximum atomic E-state index is 12.4. The van der Waals surface area contributed by atoms with Crippen molar-refractivity contribution in [3.05, 3.63) is 0 Å². The molecule has 0 unspecified atom stereocenters. The lowest BCUT2D eigenvalue weighted by Gasteiger charge is -2.27. The Kier molecular flexibility index (Phi) is 6.18. The Balaban J connectivity index is 1.78. The largest absolute Gasteiger partial charge is 0.353 e. The summed E-state index contributed by atoms with van der Waals surface area (Å²) < 4.78 is 0. The number of carbonyl (C=O) groups is 1. The maximum absolute atomic E-state index is 12.4. The minimum atomic E-state index is -0.756. The van der Waals surface area contributed by atoms with Gasteiger partial charge in [-0.3, -0.25) is 9.69 Å². The number of rotatable bonds is 4. The van der Waals surface area contributed by atoms with Crippen LogP contribution in [0.2, 0.25) is 0 Å². The van der Waals surface area contributed by atoms with Crippen LogP contribution in [0.4, 0.5) is 0 Å². The highest BCUT2D eigenvalue weighted by Crippen LogP contribution is 2.34. The lowest BCUT2D eigenvalue weighted by Crippen LogP contribution is -2.44. The zero-order chi connectivity index (χ0) is 14.3. The van der Waals surface area contributed by atoms with Gasteiger partial charge in [0.25, 0.3) is 0 Å². The highest BCUT2D eigenvalue weighted by atomic mass is 32.2. The fraction of sp³-hybridized carbons (Fsp3) is 0.867. The number of hydrogen-bond donors (Lipinski definition) is 1. The Bertz CT molecular complexity index is 353. The smallest absolute Gasteiger partial charge is 0.240 e. The van der Waals surface area contributed by atoms with Crippen molar-refractivity contribution in [2.24, 2.45) is 5.41 Å². The van der Waals surface area contributed by atoms with Gasteiger partial charge >= 0.3 is 0 Å². The first-order valence-electron chi connectivity index (χ1n) is 7.76. The second-order valence-corrected chi connectivity index (χ2v) is 7.04. The van der Waals surface area contributed by atoms with Gasteiger partial charge in [0.1, 0.15) is 5.41 Å². The molecular formula is C15H25N3OS. The number of nitrogens with one attached hydrogen (secondary N) is 1. The quantitative estimate of drug-likeness (QED) is 0.806. The fourth-order valence-electron chi connectivity index (χ4n) is 3.04. The van der Waals surface area contributed by atoms with Crippen LogP contribution in [0.1, 0.15) is 38.5 Å². The summed E-state index contributed by atoms with van der Waals surface area (Å²) in [6, 6.07) is 2.32. The van der Waals surface area contributed by atoms with Crippen LogP contribution in [-0.2, 0) is 4.79 Å². The molecule has 2 aliphatic rings. The van der Waals surface area contributed by atoms with E-state index in [0.717, 1.165) is 58.2 Å². The van der Waals surface area contributed by atoms with Gasteiger partial charge in [-0.2, -0.15) is 17.0 Å². The Morgan fingerprint density at radius 3 is 2.45 bits per heavy atom. The summed E-state index contributed by atoms with van der Waals surface area (Å²) in [5.74, 6) is 2.35. The van der Waals surface area contributed by atoms with Gasteiger partial charge in [0.05, 0.1) is 6.07 Å². The van der Waals surface area contributed by atoms with Crippen molar-refractivity contribution in [2.45, 2.75) is 38.5 Å². The summed E-state index contributed by atoms with van der Waals surface area (Å²) in [7, 11) is 0. The third-order valence-electron chi connectivity index (χ3n) is 4.42. The molecule has 2 rings (SSSR count). The van der Waals surface area contributed by atoms with Crippen LogP contribution in [0, 0.1) is 16.7 Å². The van der Waals surface area contributed by atoms with Gasteiger partial charge in [0.15, 0.2) is 0 Å². The molecule has 1 saturated heterocycles. The van der Waals surface area contributed by atoms with Crippen molar-refractivity contribution >= 4 is 17.7 Å². The van der Waals surface area contributed by atoms with Gasteiger partial charge in [-0.25, -0.2) is 0 Å². The first-order chi connectivity index (χ1) is 9.77. The Hall–Kier alpha value is -0.730. The van der Waals surface area contributed by atoms with Crippen LogP contribution >= 0.6 is 11.8 Å². The molecule has 1 aliphatic heterocycles.